The molecule has 0 N–H and O–H groups in total. The van der Waals surface area contributed by atoms with Crippen LogP contribution < -0.4 is 9.80 Å². The van der Waals surface area contributed by atoms with E-state index in [1.54, 1.807) is 12.1 Å². The molecule has 1 aromatic carbocycles. The maximum atomic E-state index is 13.0. The fourth-order valence-electron chi connectivity index (χ4n) is 3.43. The van der Waals surface area contributed by atoms with Crippen LogP contribution in [0.4, 0.5) is 30.4 Å². The Labute approximate surface area is 163 Å². The number of rotatable bonds is 3. The highest BCUT2D eigenvalue weighted by Crippen LogP contribution is 2.34. The van der Waals surface area contributed by atoms with Gasteiger partial charge in [-0.05, 0) is 24.3 Å². The molecule has 1 aliphatic heterocycles. The van der Waals surface area contributed by atoms with Gasteiger partial charge in [0.2, 0.25) is 0 Å². The number of anilines is 2. The molecule has 2 aromatic heterocycles. The number of hydrogen-bond acceptors (Lipinski definition) is 6. The van der Waals surface area contributed by atoms with Crippen molar-refractivity contribution in [1.29, 1.82) is 0 Å². The second-order valence-corrected chi connectivity index (χ2v) is 6.67. The van der Waals surface area contributed by atoms with Crippen LogP contribution in [0.3, 0.4) is 0 Å². The number of benzene rings is 1. The summed E-state index contributed by atoms with van der Waals surface area (Å²) >= 11 is 0. The molecule has 1 saturated heterocycles. The van der Waals surface area contributed by atoms with E-state index < -0.39 is 16.7 Å². The Morgan fingerprint density at radius 3 is 2.31 bits per heavy atom. The molecule has 1 fully saturated rings. The summed E-state index contributed by atoms with van der Waals surface area (Å²) in [5.74, 6) is 0.657. The maximum Gasteiger partial charge on any atom is 0.416 e. The van der Waals surface area contributed by atoms with Crippen molar-refractivity contribution in [2.24, 2.45) is 0 Å². The highest BCUT2D eigenvalue weighted by molar-refractivity contribution is 5.92. The predicted molar refractivity (Wildman–Crippen MR) is 102 cm³/mol. The largest absolute Gasteiger partial charge is 0.416 e. The molecule has 7 nitrogen and oxygen atoms in total. The summed E-state index contributed by atoms with van der Waals surface area (Å²) in [4.78, 5) is 22.6. The lowest BCUT2D eigenvalue weighted by molar-refractivity contribution is -0.385. The molecular formula is C19H16F3N5O2. The number of piperazine rings is 1. The lowest BCUT2D eigenvalue weighted by atomic mass is 10.1. The number of aromatic nitrogens is 2. The summed E-state index contributed by atoms with van der Waals surface area (Å²) in [6, 6.07) is 8.44. The summed E-state index contributed by atoms with van der Waals surface area (Å²) in [7, 11) is 0. The minimum Gasteiger partial charge on any atom is -0.367 e. The number of hydrogen-bond donors (Lipinski definition) is 0. The Morgan fingerprint density at radius 1 is 0.966 bits per heavy atom. The summed E-state index contributed by atoms with van der Waals surface area (Å²) in [5, 5.41) is 11.4. The van der Waals surface area contributed by atoms with Gasteiger partial charge in [0.15, 0.2) is 0 Å². The van der Waals surface area contributed by atoms with E-state index in [0.717, 1.165) is 17.8 Å². The standard InChI is InChI=1S/C19H16F3N5O2/c20-19(21,22)13-1-3-15-16(11-13)23-6-5-17(15)25-7-9-26(10-8-25)18-4-2-14(12-24-18)27(28)29/h1-6,11-12H,7-10H2. The van der Waals surface area contributed by atoms with E-state index in [4.69, 9.17) is 0 Å². The Kier molecular flexibility index (Phi) is 4.69. The Morgan fingerprint density at radius 2 is 1.69 bits per heavy atom. The minimum atomic E-state index is -4.41. The van der Waals surface area contributed by atoms with Gasteiger partial charge in [-0.25, -0.2) is 4.98 Å². The smallest absolute Gasteiger partial charge is 0.367 e. The van der Waals surface area contributed by atoms with E-state index in [9.17, 15) is 23.3 Å². The van der Waals surface area contributed by atoms with Crippen molar-refractivity contribution in [3.05, 3.63) is 64.5 Å². The van der Waals surface area contributed by atoms with Gasteiger partial charge < -0.3 is 9.80 Å². The van der Waals surface area contributed by atoms with Gasteiger partial charge in [0, 0.05) is 49.5 Å². The van der Waals surface area contributed by atoms with Gasteiger partial charge in [-0.1, -0.05) is 6.07 Å². The number of nitrogens with zero attached hydrogens (tertiary/aromatic N) is 5. The first-order valence-corrected chi connectivity index (χ1v) is 8.89. The molecular weight excluding hydrogens is 387 g/mol. The minimum absolute atomic E-state index is 0.0612. The van der Waals surface area contributed by atoms with Crippen LogP contribution in [0.5, 0.6) is 0 Å². The maximum absolute atomic E-state index is 13.0. The number of alkyl halides is 3. The van der Waals surface area contributed by atoms with Gasteiger partial charge in [-0.2, -0.15) is 13.2 Å². The average Bonchev–Trinajstić information content (AvgIpc) is 2.72. The molecule has 0 radical (unpaired) electrons. The van der Waals surface area contributed by atoms with Crippen LogP contribution in [0.25, 0.3) is 10.9 Å². The van der Waals surface area contributed by atoms with Crippen LogP contribution in [-0.4, -0.2) is 41.1 Å². The molecule has 0 spiro atoms. The van der Waals surface area contributed by atoms with E-state index in [1.165, 1.54) is 24.5 Å². The first-order valence-electron chi connectivity index (χ1n) is 8.89. The molecule has 0 bridgehead atoms. The van der Waals surface area contributed by atoms with Crippen LogP contribution in [0.15, 0.2) is 48.8 Å². The normalized spacial score (nSPS) is 15.0. The van der Waals surface area contributed by atoms with Crippen molar-refractivity contribution in [2.75, 3.05) is 36.0 Å². The van der Waals surface area contributed by atoms with Crippen LogP contribution in [0.1, 0.15) is 5.56 Å². The Bertz CT molecular complexity index is 1050. The topological polar surface area (TPSA) is 75.4 Å². The van der Waals surface area contributed by atoms with Gasteiger partial charge in [0.1, 0.15) is 12.0 Å². The Hall–Kier alpha value is -3.43. The van der Waals surface area contributed by atoms with Crippen LogP contribution in [0.2, 0.25) is 0 Å². The van der Waals surface area contributed by atoms with Crippen molar-refractivity contribution in [3.63, 3.8) is 0 Å². The van der Waals surface area contributed by atoms with Crippen molar-refractivity contribution in [3.8, 4) is 0 Å². The molecule has 0 amide bonds. The lowest BCUT2D eigenvalue weighted by Gasteiger charge is -2.37. The molecule has 0 aliphatic carbocycles. The number of halogens is 3. The SMILES string of the molecule is O=[N+]([O-])c1ccc(N2CCN(c3ccnc4cc(C(F)(F)F)ccc34)CC2)nc1. The van der Waals surface area contributed by atoms with Gasteiger partial charge in [-0.15, -0.1) is 0 Å². The van der Waals surface area contributed by atoms with E-state index in [0.29, 0.717) is 42.9 Å². The third-order valence-corrected chi connectivity index (χ3v) is 4.93. The zero-order chi connectivity index (χ0) is 20.6. The third kappa shape index (κ3) is 3.78. The van der Waals surface area contributed by atoms with Crippen molar-refractivity contribution < 1.29 is 18.1 Å². The van der Waals surface area contributed by atoms with Gasteiger partial charge in [-0.3, -0.25) is 15.1 Å². The lowest BCUT2D eigenvalue weighted by Crippen LogP contribution is -2.46. The van der Waals surface area contributed by atoms with Gasteiger partial charge in [0.05, 0.1) is 16.0 Å². The highest BCUT2D eigenvalue weighted by Gasteiger charge is 2.31. The van der Waals surface area contributed by atoms with E-state index in [2.05, 4.69) is 14.9 Å². The molecule has 0 atom stereocenters. The van der Waals surface area contributed by atoms with Gasteiger partial charge in [0.25, 0.3) is 5.69 Å². The van der Waals surface area contributed by atoms with Crippen LogP contribution in [-0.2, 0) is 6.18 Å². The molecule has 3 aromatic rings. The van der Waals surface area contributed by atoms with Crippen molar-refractivity contribution in [1.82, 2.24) is 9.97 Å². The molecule has 10 heteroatoms. The summed E-state index contributed by atoms with van der Waals surface area (Å²) in [6.45, 7) is 2.54. The second-order valence-electron chi connectivity index (χ2n) is 6.67. The monoisotopic (exact) mass is 403 g/mol. The molecule has 150 valence electrons. The fraction of sp³-hybridized carbons (Fsp3) is 0.263. The first-order chi connectivity index (χ1) is 13.8. The van der Waals surface area contributed by atoms with Crippen molar-refractivity contribution in [2.45, 2.75) is 6.18 Å². The summed E-state index contributed by atoms with van der Waals surface area (Å²) in [5.41, 5.74) is 0.356. The highest BCUT2D eigenvalue weighted by atomic mass is 19.4. The fourth-order valence-corrected chi connectivity index (χ4v) is 3.43. The van der Waals surface area contributed by atoms with E-state index in [-0.39, 0.29) is 5.69 Å². The molecule has 0 saturated carbocycles. The molecule has 4 rings (SSSR count). The number of pyridine rings is 2. The number of nitro groups is 1. The van der Waals surface area contributed by atoms with Crippen LogP contribution in [0, 0.1) is 10.1 Å². The van der Waals surface area contributed by atoms with E-state index >= 15 is 0 Å². The molecule has 1 aliphatic rings. The van der Waals surface area contributed by atoms with Crippen LogP contribution >= 0.6 is 0 Å². The van der Waals surface area contributed by atoms with Crippen molar-refractivity contribution >= 4 is 28.1 Å². The predicted octanol–water partition coefficient (Wildman–Crippen LogP) is 3.88. The first kappa shape index (κ1) is 18.9. The number of fused-ring (bicyclic) bond motifs is 1. The average molecular weight is 403 g/mol. The van der Waals surface area contributed by atoms with E-state index in [1.807, 2.05) is 4.90 Å². The molecule has 3 heterocycles. The molecule has 0 unspecified atom stereocenters. The third-order valence-electron chi connectivity index (χ3n) is 4.93. The zero-order valence-corrected chi connectivity index (χ0v) is 15.1. The summed E-state index contributed by atoms with van der Waals surface area (Å²) < 4.78 is 38.9. The second kappa shape index (κ2) is 7.19. The van der Waals surface area contributed by atoms with Gasteiger partial charge >= 0.3 is 6.18 Å². The molecule has 29 heavy (non-hydrogen) atoms. The summed E-state index contributed by atoms with van der Waals surface area (Å²) in [6.07, 6.45) is -1.66. The Balaban J connectivity index is 1.52. The quantitative estimate of drug-likeness (QED) is 0.488. The zero-order valence-electron chi connectivity index (χ0n) is 15.1.